The van der Waals surface area contributed by atoms with Crippen molar-refractivity contribution < 1.29 is 44.6 Å². The Labute approximate surface area is 94.5 Å². The molecule has 0 amide bonds. The summed E-state index contributed by atoms with van der Waals surface area (Å²) in [5.41, 5.74) is -0.700. The number of carboxylic acid groups (broad SMARTS) is 1. The summed E-state index contributed by atoms with van der Waals surface area (Å²) in [6, 6.07) is 0. The van der Waals surface area contributed by atoms with Gasteiger partial charge in [-0.1, -0.05) is 12.8 Å². The number of hydrogen-bond acceptors (Lipinski definition) is 3. The molecule has 1 aliphatic rings. The van der Waals surface area contributed by atoms with Crippen LogP contribution in [0.1, 0.15) is 32.1 Å². The standard InChI is InChI=1S/C8H14O3.Na/c9-6-5-8(7(10)11)3-1-2-4-8;/h9H,1-6H2,(H,10,11);/q;+1/p-1. The summed E-state index contributed by atoms with van der Waals surface area (Å²) in [6.45, 7) is -0.0476. The number of rotatable bonds is 3. The third-order valence-corrected chi connectivity index (χ3v) is 2.58. The van der Waals surface area contributed by atoms with Crippen LogP contribution in [0, 0.1) is 5.41 Å². The minimum atomic E-state index is -0.982. The molecule has 1 aliphatic carbocycles. The average Bonchev–Trinajstić information content (AvgIpc) is 2.38. The van der Waals surface area contributed by atoms with Gasteiger partial charge in [0.25, 0.3) is 0 Å². The first-order chi connectivity index (χ1) is 5.21. The number of carbonyl (C=O) groups is 1. The van der Waals surface area contributed by atoms with Gasteiger partial charge in [-0.05, 0) is 19.3 Å². The maximum atomic E-state index is 10.7. The minimum absolute atomic E-state index is 0. The molecule has 0 spiro atoms. The molecular weight excluding hydrogens is 167 g/mol. The van der Waals surface area contributed by atoms with Gasteiger partial charge in [0, 0.05) is 18.0 Å². The van der Waals surface area contributed by atoms with Crippen LogP contribution in [0.15, 0.2) is 0 Å². The van der Waals surface area contributed by atoms with E-state index in [1.807, 2.05) is 0 Å². The van der Waals surface area contributed by atoms with Gasteiger partial charge < -0.3 is 15.0 Å². The van der Waals surface area contributed by atoms with Gasteiger partial charge >= 0.3 is 29.6 Å². The van der Waals surface area contributed by atoms with E-state index in [4.69, 9.17) is 5.11 Å². The Morgan fingerprint density at radius 1 is 1.42 bits per heavy atom. The van der Waals surface area contributed by atoms with E-state index in [1.165, 1.54) is 0 Å². The van der Waals surface area contributed by atoms with Crippen LogP contribution in [-0.2, 0) is 4.79 Å². The Bertz CT molecular complexity index is 152. The zero-order valence-electron chi connectivity index (χ0n) is 7.51. The largest absolute Gasteiger partial charge is 1.00 e. The van der Waals surface area contributed by atoms with E-state index in [0.717, 1.165) is 12.8 Å². The van der Waals surface area contributed by atoms with Crippen LogP contribution in [-0.4, -0.2) is 17.7 Å². The summed E-state index contributed by atoms with van der Waals surface area (Å²) in [4.78, 5) is 10.7. The van der Waals surface area contributed by atoms with E-state index < -0.39 is 11.4 Å². The topological polar surface area (TPSA) is 60.4 Å². The van der Waals surface area contributed by atoms with Crippen molar-refractivity contribution in [2.24, 2.45) is 5.41 Å². The molecular formula is C8H13NaO3. The summed E-state index contributed by atoms with van der Waals surface area (Å²) >= 11 is 0. The van der Waals surface area contributed by atoms with Gasteiger partial charge in [-0.15, -0.1) is 0 Å². The SMILES string of the molecule is O=C([O-])C1(CCO)CCCC1.[Na+]. The normalized spacial score (nSPS) is 20.1. The molecule has 0 saturated heterocycles. The second kappa shape index (κ2) is 5.22. The molecule has 1 rings (SSSR count). The van der Waals surface area contributed by atoms with Crippen molar-refractivity contribution in [2.45, 2.75) is 32.1 Å². The van der Waals surface area contributed by atoms with E-state index in [-0.39, 0.29) is 36.2 Å². The summed E-state index contributed by atoms with van der Waals surface area (Å²) in [5.74, 6) is -0.982. The molecule has 0 aromatic rings. The first-order valence-corrected chi connectivity index (χ1v) is 4.04. The third kappa shape index (κ3) is 2.46. The number of aliphatic hydroxyl groups excluding tert-OH is 1. The predicted molar refractivity (Wildman–Crippen MR) is 37.6 cm³/mol. The molecule has 0 aliphatic heterocycles. The summed E-state index contributed by atoms with van der Waals surface area (Å²) < 4.78 is 0. The van der Waals surface area contributed by atoms with Crippen LogP contribution in [0.2, 0.25) is 0 Å². The van der Waals surface area contributed by atoms with Gasteiger partial charge in [0.1, 0.15) is 0 Å². The molecule has 1 fully saturated rings. The zero-order valence-corrected chi connectivity index (χ0v) is 9.51. The Balaban J connectivity index is 0.00000121. The van der Waals surface area contributed by atoms with Crippen molar-refractivity contribution in [1.82, 2.24) is 0 Å². The molecule has 0 bridgehead atoms. The third-order valence-electron chi connectivity index (χ3n) is 2.58. The van der Waals surface area contributed by atoms with Gasteiger partial charge in [-0.25, -0.2) is 0 Å². The molecule has 0 radical (unpaired) electrons. The average molecular weight is 180 g/mol. The van der Waals surface area contributed by atoms with Crippen molar-refractivity contribution in [3.8, 4) is 0 Å². The summed E-state index contributed by atoms with van der Waals surface area (Å²) in [7, 11) is 0. The van der Waals surface area contributed by atoms with Crippen LogP contribution in [0.5, 0.6) is 0 Å². The number of carboxylic acids is 1. The molecule has 0 aromatic heterocycles. The van der Waals surface area contributed by atoms with E-state index in [1.54, 1.807) is 0 Å². The first kappa shape index (κ1) is 12.4. The maximum absolute atomic E-state index is 10.7. The van der Waals surface area contributed by atoms with Crippen LogP contribution in [0.3, 0.4) is 0 Å². The zero-order chi connectivity index (χ0) is 8.32. The predicted octanol–water partition coefficient (Wildman–Crippen LogP) is -3.32. The second-order valence-corrected chi connectivity index (χ2v) is 3.25. The van der Waals surface area contributed by atoms with Crippen LogP contribution < -0.4 is 34.7 Å². The quantitative estimate of drug-likeness (QED) is 0.462. The van der Waals surface area contributed by atoms with Crippen molar-refractivity contribution in [1.29, 1.82) is 0 Å². The maximum Gasteiger partial charge on any atom is 1.00 e. The second-order valence-electron chi connectivity index (χ2n) is 3.25. The number of aliphatic hydroxyl groups is 1. The van der Waals surface area contributed by atoms with Crippen molar-refractivity contribution in [3.05, 3.63) is 0 Å². The molecule has 0 heterocycles. The molecule has 0 atom stereocenters. The van der Waals surface area contributed by atoms with Gasteiger partial charge in [0.15, 0.2) is 0 Å². The fourth-order valence-electron chi connectivity index (χ4n) is 1.82. The summed E-state index contributed by atoms with van der Waals surface area (Å²) in [5, 5.41) is 19.3. The molecule has 1 N–H and O–H groups in total. The molecule has 3 nitrogen and oxygen atoms in total. The number of carbonyl (C=O) groups excluding carboxylic acids is 1. The monoisotopic (exact) mass is 180 g/mol. The number of hydrogen-bond donors (Lipinski definition) is 1. The van der Waals surface area contributed by atoms with E-state index >= 15 is 0 Å². The van der Waals surface area contributed by atoms with E-state index in [9.17, 15) is 9.90 Å². The van der Waals surface area contributed by atoms with Crippen LogP contribution >= 0.6 is 0 Å². The van der Waals surface area contributed by atoms with Crippen molar-refractivity contribution in [3.63, 3.8) is 0 Å². The van der Waals surface area contributed by atoms with E-state index in [2.05, 4.69) is 0 Å². The fraction of sp³-hybridized carbons (Fsp3) is 0.875. The molecule has 12 heavy (non-hydrogen) atoms. The first-order valence-electron chi connectivity index (χ1n) is 4.04. The fourth-order valence-corrected chi connectivity index (χ4v) is 1.82. The Kier molecular flexibility index (Phi) is 5.41. The van der Waals surface area contributed by atoms with Crippen LogP contribution in [0.25, 0.3) is 0 Å². The Hall–Kier alpha value is 0.430. The van der Waals surface area contributed by atoms with Gasteiger partial charge in [0.2, 0.25) is 0 Å². The molecule has 0 aromatic carbocycles. The number of aliphatic carboxylic acids is 1. The van der Waals surface area contributed by atoms with Crippen molar-refractivity contribution >= 4 is 5.97 Å². The van der Waals surface area contributed by atoms with Gasteiger partial charge in [-0.2, -0.15) is 0 Å². The molecule has 4 heteroatoms. The smallest absolute Gasteiger partial charge is 0.550 e. The molecule has 1 saturated carbocycles. The Morgan fingerprint density at radius 2 is 1.92 bits per heavy atom. The van der Waals surface area contributed by atoms with Gasteiger partial charge in [0.05, 0.1) is 0 Å². The Morgan fingerprint density at radius 3 is 2.25 bits per heavy atom. The summed E-state index contributed by atoms with van der Waals surface area (Å²) in [6.07, 6.45) is 3.61. The van der Waals surface area contributed by atoms with Crippen molar-refractivity contribution in [2.75, 3.05) is 6.61 Å². The van der Waals surface area contributed by atoms with Crippen LogP contribution in [0.4, 0.5) is 0 Å². The molecule has 64 valence electrons. The molecule has 0 unspecified atom stereocenters. The van der Waals surface area contributed by atoms with E-state index in [0.29, 0.717) is 19.3 Å². The minimum Gasteiger partial charge on any atom is -0.550 e. The van der Waals surface area contributed by atoms with Gasteiger partial charge in [-0.3, -0.25) is 0 Å².